The normalized spacial score (nSPS) is 19.6. The highest BCUT2D eigenvalue weighted by Crippen LogP contribution is 2.17. The summed E-state index contributed by atoms with van der Waals surface area (Å²) in [6, 6.07) is -1.35. The van der Waals surface area contributed by atoms with E-state index in [1.54, 1.807) is 6.92 Å². The molecule has 0 spiro atoms. The van der Waals surface area contributed by atoms with Gasteiger partial charge in [-0.15, -0.1) is 0 Å². The Morgan fingerprint density at radius 2 is 2.05 bits per heavy atom. The molecule has 8 nitrogen and oxygen atoms in total. The van der Waals surface area contributed by atoms with Crippen LogP contribution in [0.2, 0.25) is 0 Å². The molecule has 116 valence electrons. The molecule has 1 rings (SSSR count). The first-order chi connectivity index (χ1) is 9.37. The van der Waals surface area contributed by atoms with E-state index in [2.05, 4.69) is 10.0 Å². The predicted molar refractivity (Wildman–Crippen MR) is 72.8 cm³/mol. The van der Waals surface area contributed by atoms with Crippen molar-refractivity contribution in [3.05, 3.63) is 0 Å². The number of likely N-dealkylation sites (tertiary alicyclic amines) is 1. The van der Waals surface area contributed by atoms with Crippen LogP contribution < -0.4 is 10.0 Å². The van der Waals surface area contributed by atoms with Crippen LogP contribution >= 0.6 is 0 Å². The van der Waals surface area contributed by atoms with Gasteiger partial charge in [-0.25, -0.2) is 22.7 Å². The van der Waals surface area contributed by atoms with Crippen LogP contribution in [0.1, 0.15) is 26.2 Å². The lowest BCUT2D eigenvalue weighted by Gasteiger charge is -2.32. The van der Waals surface area contributed by atoms with Crippen LogP contribution in [0.4, 0.5) is 4.79 Å². The first kappa shape index (κ1) is 16.7. The van der Waals surface area contributed by atoms with Crippen LogP contribution in [0.3, 0.4) is 0 Å². The molecule has 1 saturated heterocycles. The van der Waals surface area contributed by atoms with Gasteiger partial charge in [0.25, 0.3) is 0 Å². The molecule has 0 aliphatic carbocycles. The number of urea groups is 1. The lowest BCUT2D eigenvalue weighted by atomic mass is 10.0. The van der Waals surface area contributed by atoms with Gasteiger partial charge in [0.1, 0.15) is 6.04 Å². The number of amides is 2. The van der Waals surface area contributed by atoms with E-state index in [-0.39, 0.29) is 12.3 Å². The van der Waals surface area contributed by atoms with E-state index in [1.165, 1.54) is 4.90 Å². The summed E-state index contributed by atoms with van der Waals surface area (Å²) in [6.07, 6.45) is 1.96. The van der Waals surface area contributed by atoms with Gasteiger partial charge in [-0.1, -0.05) is 6.92 Å². The van der Waals surface area contributed by atoms with Crippen LogP contribution in [0.5, 0.6) is 0 Å². The largest absolute Gasteiger partial charge is 0.480 e. The maximum atomic E-state index is 11.9. The summed E-state index contributed by atoms with van der Waals surface area (Å²) < 4.78 is 25.1. The number of carbonyl (C=O) groups is 2. The molecule has 20 heavy (non-hydrogen) atoms. The van der Waals surface area contributed by atoms with E-state index >= 15 is 0 Å². The summed E-state index contributed by atoms with van der Waals surface area (Å²) >= 11 is 0. The van der Waals surface area contributed by atoms with E-state index in [0.717, 1.165) is 12.8 Å². The minimum Gasteiger partial charge on any atom is -0.480 e. The van der Waals surface area contributed by atoms with E-state index in [4.69, 9.17) is 5.11 Å². The van der Waals surface area contributed by atoms with E-state index in [1.807, 2.05) is 0 Å². The van der Waals surface area contributed by atoms with Gasteiger partial charge < -0.3 is 15.3 Å². The molecule has 2 amide bonds. The molecule has 1 unspecified atom stereocenters. The predicted octanol–water partition coefficient (Wildman–Crippen LogP) is -0.426. The van der Waals surface area contributed by atoms with Gasteiger partial charge in [0.05, 0.1) is 5.75 Å². The lowest BCUT2D eigenvalue weighted by Crippen LogP contribution is -2.52. The number of carboxylic acid groups (broad SMARTS) is 1. The van der Waals surface area contributed by atoms with Crippen LogP contribution in [0.15, 0.2) is 0 Å². The van der Waals surface area contributed by atoms with Gasteiger partial charge in [0.15, 0.2) is 0 Å². The Bertz CT molecular complexity index is 451. The quantitative estimate of drug-likeness (QED) is 0.616. The fraction of sp³-hybridized carbons (Fsp3) is 0.818. The molecule has 1 fully saturated rings. The number of carbonyl (C=O) groups excluding carboxylic acids is 1. The van der Waals surface area contributed by atoms with Crippen molar-refractivity contribution in [1.29, 1.82) is 0 Å². The van der Waals surface area contributed by atoms with Gasteiger partial charge in [-0.3, -0.25) is 0 Å². The second-order valence-electron chi connectivity index (χ2n) is 4.59. The number of hydrogen-bond donors (Lipinski definition) is 3. The van der Waals surface area contributed by atoms with Crippen molar-refractivity contribution in [3.8, 4) is 0 Å². The highest BCUT2D eigenvalue weighted by atomic mass is 32.2. The molecule has 1 aliphatic rings. The van der Waals surface area contributed by atoms with Gasteiger partial charge in [0, 0.05) is 19.6 Å². The van der Waals surface area contributed by atoms with Crippen LogP contribution in [0, 0.1) is 0 Å². The van der Waals surface area contributed by atoms with Gasteiger partial charge in [-0.05, 0) is 19.3 Å². The summed E-state index contributed by atoms with van der Waals surface area (Å²) in [7, 11) is -3.39. The maximum absolute atomic E-state index is 11.9. The number of aliphatic carboxylic acids is 1. The zero-order chi connectivity index (χ0) is 15.2. The molecule has 0 radical (unpaired) electrons. The zero-order valence-electron chi connectivity index (χ0n) is 11.5. The van der Waals surface area contributed by atoms with Crippen molar-refractivity contribution in [3.63, 3.8) is 0 Å². The van der Waals surface area contributed by atoms with Crippen molar-refractivity contribution < 1.29 is 23.1 Å². The third kappa shape index (κ3) is 4.97. The van der Waals surface area contributed by atoms with E-state index < -0.39 is 28.1 Å². The molecular weight excluding hydrogens is 286 g/mol. The van der Waals surface area contributed by atoms with Gasteiger partial charge in [0.2, 0.25) is 10.0 Å². The first-order valence-corrected chi connectivity index (χ1v) is 8.27. The third-order valence-corrected chi connectivity index (χ3v) is 4.53. The third-order valence-electron chi connectivity index (χ3n) is 3.06. The molecule has 1 heterocycles. The topological polar surface area (TPSA) is 116 Å². The zero-order valence-corrected chi connectivity index (χ0v) is 12.3. The van der Waals surface area contributed by atoms with Crippen LogP contribution in [0.25, 0.3) is 0 Å². The Kier molecular flexibility index (Phi) is 6.21. The SMILES string of the molecule is CCNS(=O)(=O)CCNC(=O)N1CCCCC1C(=O)O. The molecule has 0 aromatic carbocycles. The number of nitrogens with zero attached hydrogens (tertiary/aromatic N) is 1. The summed E-state index contributed by atoms with van der Waals surface area (Å²) in [5.41, 5.74) is 0. The monoisotopic (exact) mass is 307 g/mol. The Morgan fingerprint density at radius 1 is 1.35 bits per heavy atom. The number of piperidine rings is 1. The Labute approximate surface area is 118 Å². The summed E-state index contributed by atoms with van der Waals surface area (Å²) in [5, 5.41) is 11.5. The van der Waals surface area contributed by atoms with Crippen molar-refractivity contribution >= 4 is 22.0 Å². The number of nitrogens with one attached hydrogen (secondary N) is 2. The smallest absolute Gasteiger partial charge is 0.326 e. The van der Waals surface area contributed by atoms with Crippen LogP contribution in [-0.2, 0) is 14.8 Å². The number of sulfonamides is 1. The highest BCUT2D eigenvalue weighted by Gasteiger charge is 2.31. The minimum absolute atomic E-state index is 0.0446. The van der Waals surface area contributed by atoms with Crippen molar-refractivity contribution in [2.24, 2.45) is 0 Å². The van der Waals surface area contributed by atoms with E-state index in [0.29, 0.717) is 19.5 Å². The first-order valence-electron chi connectivity index (χ1n) is 6.62. The highest BCUT2D eigenvalue weighted by molar-refractivity contribution is 7.89. The standard InChI is InChI=1S/C11H21N3O5S/c1-2-13-20(18,19)8-6-12-11(17)14-7-4-3-5-9(14)10(15)16/h9,13H,2-8H2,1H3,(H,12,17)(H,15,16). The number of rotatable bonds is 6. The summed E-state index contributed by atoms with van der Waals surface area (Å²) in [6.45, 7) is 2.30. The summed E-state index contributed by atoms with van der Waals surface area (Å²) in [4.78, 5) is 24.2. The second kappa shape index (κ2) is 7.44. The van der Waals surface area contributed by atoms with E-state index in [9.17, 15) is 18.0 Å². The molecular formula is C11H21N3O5S. The molecule has 1 atom stereocenters. The minimum atomic E-state index is -3.39. The maximum Gasteiger partial charge on any atom is 0.326 e. The van der Waals surface area contributed by atoms with Crippen LogP contribution in [-0.4, -0.2) is 61.9 Å². The van der Waals surface area contributed by atoms with Gasteiger partial charge in [-0.2, -0.15) is 0 Å². The Hall–Kier alpha value is -1.35. The number of hydrogen-bond acceptors (Lipinski definition) is 4. The van der Waals surface area contributed by atoms with Crippen molar-refractivity contribution in [2.75, 3.05) is 25.4 Å². The molecule has 0 saturated carbocycles. The molecule has 9 heteroatoms. The molecule has 0 aromatic heterocycles. The molecule has 0 aromatic rings. The average Bonchev–Trinajstić information content (AvgIpc) is 2.38. The average molecular weight is 307 g/mol. The molecule has 1 aliphatic heterocycles. The second-order valence-corrected chi connectivity index (χ2v) is 6.52. The van der Waals surface area contributed by atoms with Crippen molar-refractivity contribution in [2.45, 2.75) is 32.2 Å². The fourth-order valence-electron chi connectivity index (χ4n) is 2.12. The Morgan fingerprint density at radius 3 is 2.65 bits per heavy atom. The van der Waals surface area contributed by atoms with Gasteiger partial charge >= 0.3 is 12.0 Å². The van der Waals surface area contributed by atoms with Crippen molar-refractivity contribution in [1.82, 2.24) is 14.9 Å². The molecule has 3 N–H and O–H groups in total. The fourth-order valence-corrected chi connectivity index (χ4v) is 3.07. The number of carboxylic acids is 1. The Balaban J connectivity index is 2.47. The summed E-state index contributed by atoms with van der Waals surface area (Å²) in [5.74, 6) is -1.25. The lowest BCUT2D eigenvalue weighted by molar-refractivity contribution is -0.143. The molecule has 0 bridgehead atoms.